The van der Waals surface area contributed by atoms with E-state index >= 15 is 0 Å². The van der Waals surface area contributed by atoms with Gasteiger partial charge >= 0.3 is 0 Å². The normalized spacial score (nSPS) is 11.7. The van der Waals surface area contributed by atoms with E-state index in [9.17, 15) is 8.42 Å². The molecule has 0 atom stereocenters. The molecule has 0 aliphatic carbocycles. The van der Waals surface area contributed by atoms with Crippen LogP contribution < -0.4 is 10.5 Å². The van der Waals surface area contributed by atoms with Gasteiger partial charge in [0.15, 0.2) is 0 Å². The van der Waals surface area contributed by atoms with Crippen LogP contribution in [-0.4, -0.2) is 23.6 Å². The topological polar surface area (TPSA) is 114 Å². The molecule has 2 aromatic rings. The van der Waals surface area contributed by atoms with Crippen LogP contribution in [0.3, 0.4) is 0 Å². The second-order valence-electron chi connectivity index (χ2n) is 3.87. The monoisotopic (exact) mass is 301 g/mol. The van der Waals surface area contributed by atoms with Gasteiger partial charge < -0.3 is 5.73 Å². The molecule has 0 bridgehead atoms. The minimum absolute atomic E-state index is 0.00813. The van der Waals surface area contributed by atoms with Gasteiger partial charge in [0.2, 0.25) is 10.0 Å². The highest BCUT2D eigenvalue weighted by atomic mass is 35.5. The number of nitrogens with one attached hydrogen (secondary N) is 2. The average Bonchev–Trinajstić information content (AvgIpc) is 2.84. The quantitative estimate of drug-likeness (QED) is 0.724. The fourth-order valence-corrected chi connectivity index (χ4v) is 3.09. The van der Waals surface area contributed by atoms with Crippen LogP contribution in [0.25, 0.3) is 0 Å². The maximum Gasteiger partial charge on any atom is 0.241 e. The maximum absolute atomic E-state index is 12.2. The largest absolute Gasteiger partial charge is 0.398 e. The second kappa shape index (κ2) is 5.16. The van der Waals surface area contributed by atoms with Crippen LogP contribution in [0.5, 0.6) is 0 Å². The fourth-order valence-electron chi connectivity index (χ4n) is 1.51. The Morgan fingerprint density at radius 1 is 1.47 bits per heavy atom. The van der Waals surface area contributed by atoms with E-state index < -0.39 is 10.0 Å². The van der Waals surface area contributed by atoms with Crippen molar-refractivity contribution in [3.8, 4) is 0 Å². The first-order valence-corrected chi connectivity index (χ1v) is 7.16. The molecule has 2 rings (SSSR count). The predicted octanol–water partition coefficient (Wildman–Crippen LogP) is 0.827. The number of halogens is 1. The van der Waals surface area contributed by atoms with Gasteiger partial charge in [0.1, 0.15) is 12.2 Å². The lowest BCUT2D eigenvalue weighted by atomic mass is 10.2. The van der Waals surface area contributed by atoms with E-state index in [2.05, 4.69) is 19.9 Å². The Balaban J connectivity index is 2.29. The molecule has 1 heterocycles. The summed E-state index contributed by atoms with van der Waals surface area (Å²) in [6, 6.07) is 2.86. The van der Waals surface area contributed by atoms with Gasteiger partial charge in [-0.1, -0.05) is 11.6 Å². The SMILES string of the molecule is Cc1c(N)cc(Cl)cc1S(=O)(=O)NCc1ncn[nH]1. The number of aromatic amines is 1. The van der Waals surface area contributed by atoms with E-state index in [4.69, 9.17) is 17.3 Å². The summed E-state index contributed by atoms with van der Waals surface area (Å²) in [7, 11) is -3.71. The average molecular weight is 302 g/mol. The van der Waals surface area contributed by atoms with Crippen molar-refractivity contribution in [3.05, 3.63) is 34.9 Å². The molecule has 0 saturated carbocycles. The number of anilines is 1. The van der Waals surface area contributed by atoms with Crippen LogP contribution in [0.4, 0.5) is 5.69 Å². The molecule has 0 fully saturated rings. The molecule has 1 aromatic heterocycles. The van der Waals surface area contributed by atoms with Gasteiger partial charge in [-0.15, -0.1) is 0 Å². The molecule has 102 valence electrons. The summed E-state index contributed by atoms with van der Waals surface area (Å²) in [6.45, 7) is 1.63. The first kappa shape index (κ1) is 13.8. The van der Waals surface area contributed by atoms with Gasteiger partial charge in [0, 0.05) is 10.7 Å². The Bertz CT molecular complexity index is 684. The summed E-state index contributed by atoms with van der Waals surface area (Å²) < 4.78 is 26.7. The van der Waals surface area contributed by atoms with Crippen LogP contribution in [0.2, 0.25) is 5.02 Å². The Labute approximate surface area is 115 Å². The summed E-state index contributed by atoms with van der Waals surface area (Å²) in [4.78, 5) is 3.88. The highest BCUT2D eigenvalue weighted by Gasteiger charge is 2.19. The van der Waals surface area contributed by atoms with Gasteiger partial charge in [0.25, 0.3) is 0 Å². The Morgan fingerprint density at radius 3 is 2.84 bits per heavy atom. The number of benzene rings is 1. The highest BCUT2D eigenvalue weighted by molar-refractivity contribution is 7.89. The van der Waals surface area contributed by atoms with E-state index in [0.717, 1.165) is 0 Å². The third kappa shape index (κ3) is 3.03. The number of rotatable bonds is 4. The molecule has 0 saturated heterocycles. The molecule has 0 spiro atoms. The number of H-pyrrole nitrogens is 1. The zero-order valence-corrected chi connectivity index (χ0v) is 11.6. The van der Waals surface area contributed by atoms with Gasteiger partial charge in [0.05, 0.1) is 11.4 Å². The van der Waals surface area contributed by atoms with Crippen molar-refractivity contribution in [1.82, 2.24) is 19.9 Å². The summed E-state index contributed by atoms with van der Waals surface area (Å²) in [6.07, 6.45) is 1.30. The lowest BCUT2D eigenvalue weighted by molar-refractivity contribution is 0.579. The molecule has 19 heavy (non-hydrogen) atoms. The molecule has 0 amide bonds. The van der Waals surface area contributed by atoms with Crippen LogP contribution in [0, 0.1) is 6.92 Å². The minimum Gasteiger partial charge on any atom is -0.398 e. The standard InChI is InChI=1S/C10H12ClN5O2S/c1-6-8(12)2-7(11)3-9(6)19(17,18)15-4-10-13-5-14-16-10/h2-3,5,15H,4,12H2,1H3,(H,13,14,16). The first-order valence-electron chi connectivity index (χ1n) is 5.29. The van der Waals surface area contributed by atoms with Crippen molar-refractivity contribution in [2.45, 2.75) is 18.4 Å². The number of nitrogens with two attached hydrogens (primary N) is 1. The van der Waals surface area contributed by atoms with Gasteiger partial charge in [-0.05, 0) is 24.6 Å². The van der Waals surface area contributed by atoms with Crippen molar-refractivity contribution in [2.75, 3.05) is 5.73 Å². The summed E-state index contributed by atoms with van der Waals surface area (Å²) in [5, 5.41) is 6.46. The van der Waals surface area contributed by atoms with Crippen LogP contribution >= 0.6 is 11.6 Å². The van der Waals surface area contributed by atoms with E-state index in [1.807, 2.05) is 0 Å². The molecule has 7 nitrogen and oxygen atoms in total. The molecule has 0 radical (unpaired) electrons. The fraction of sp³-hybridized carbons (Fsp3) is 0.200. The predicted molar refractivity (Wildman–Crippen MR) is 71.0 cm³/mol. The molecule has 1 aromatic carbocycles. The second-order valence-corrected chi connectivity index (χ2v) is 6.05. The van der Waals surface area contributed by atoms with Crippen LogP contribution in [0.15, 0.2) is 23.4 Å². The lowest BCUT2D eigenvalue weighted by Crippen LogP contribution is -2.24. The molecule has 0 unspecified atom stereocenters. The molecule has 0 aliphatic heterocycles. The first-order chi connectivity index (χ1) is 8.90. The van der Waals surface area contributed by atoms with Gasteiger partial charge in [-0.25, -0.2) is 18.1 Å². The van der Waals surface area contributed by atoms with Gasteiger partial charge in [-0.3, -0.25) is 5.10 Å². The Kier molecular flexibility index (Phi) is 3.74. The molecular formula is C10H12ClN5O2S. The van der Waals surface area contributed by atoms with Crippen LogP contribution in [0.1, 0.15) is 11.4 Å². The third-order valence-corrected chi connectivity index (χ3v) is 4.29. The Hall–Kier alpha value is -1.64. The van der Waals surface area contributed by atoms with Crippen molar-refractivity contribution in [1.29, 1.82) is 0 Å². The number of nitrogen functional groups attached to an aromatic ring is 1. The van der Waals surface area contributed by atoms with Crippen molar-refractivity contribution in [3.63, 3.8) is 0 Å². The zero-order chi connectivity index (χ0) is 14.0. The summed E-state index contributed by atoms with van der Waals surface area (Å²) >= 11 is 5.83. The number of hydrogen-bond acceptors (Lipinski definition) is 5. The zero-order valence-electron chi connectivity index (χ0n) is 10.0. The maximum atomic E-state index is 12.2. The number of nitrogens with zero attached hydrogens (tertiary/aromatic N) is 2. The number of sulfonamides is 1. The third-order valence-electron chi connectivity index (χ3n) is 2.55. The lowest BCUT2D eigenvalue weighted by Gasteiger charge is -2.10. The van der Waals surface area contributed by atoms with Gasteiger partial charge in [-0.2, -0.15) is 5.10 Å². The number of hydrogen-bond donors (Lipinski definition) is 3. The molecule has 4 N–H and O–H groups in total. The number of aromatic nitrogens is 3. The highest BCUT2D eigenvalue weighted by Crippen LogP contribution is 2.25. The Morgan fingerprint density at radius 2 is 2.21 bits per heavy atom. The van der Waals surface area contributed by atoms with Crippen molar-refractivity contribution < 1.29 is 8.42 Å². The molecule has 9 heteroatoms. The van der Waals surface area contributed by atoms with Crippen molar-refractivity contribution in [2.24, 2.45) is 0 Å². The van der Waals surface area contributed by atoms with E-state index in [1.165, 1.54) is 18.5 Å². The van der Waals surface area contributed by atoms with E-state index in [1.54, 1.807) is 6.92 Å². The van der Waals surface area contributed by atoms with E-state index in [-0.39, 0.29) is 16.5 Å². The summed E-state index contributed by atoms with van der Waals surface area (Å²) in [5.74, 6) is 0.413. The minimum atomic E-state index is -3.71. The van der Waals surface area contributed by atoms with E-state index in [0.29, 0.717) is 17.1 Å². The van der Waals surface area contributed by atoms with Crippen LogP contribution in [-0.2, 0) is 16.6 Å². The summed E-state index contributed by atoms with van der Waals surface area (Å²) in [5.41, 5.74) is 6.48. The van der Waals surface area contributed by atoms with Crippen molar-refractivity contribution >= 4 is 27.3 Å². The molecular weight excluding hydrogens is 290 g/mol. The molecule has 0 aliphatic rings. The smallest absolute Gasteiger partial charge is 0.241 e.